The largest absolute Gasteiger partial charge is 0.406 e. The average molecular weight is 344 g/mol. The minimum atomic E-state index is -4.38. The van der Waals surface area contributed by atoms with Gasteiger partial charge in [-0.15, -0.1) is 11.3 Å². The molecule has 0 N–H and O–H groups in total. The molecular formula is C11H13BrF3NOS. The maximum Gasteiger partial charge on any atom is 0.406 e. The maximum absolute atomic E-state index is 12.4. The third-order valence-corrected chi connectivity index (χ3v) is 3.88. The van der Waals surface area contributed by atoms with Crippen molar-refractivity contribution in [3.8, 4) is 0 Å². The summed E-state index contributed by atoms with van der Waals surface area (Å²) >= 11 is 4.29. The molecule has 0 fully saturated rings. The van der Waals surface area contributed by atoms with Crippen LogP contribution in [0, 0.1) is 13.8 Å². The highest BCUT2D eigenvalue weighted by Crippen LogP contribution is 2.24. The molecule has 0 aliphatic rings. The van der Waals surface area contributed by atoms with Gasteiger partial charge >= 0.3 is 6.18 Å². The lowest BCUT2D eigenvalue weighted by Gasteiger charge is -2.22. The Morgan fingerprint density at radius 1 is 1.44 bits per heavy atom. The molecule has 1 heterocycles. The fraction of sp³-hybridized carbons (Fsp3) is 0.545. The Morgan fingerprint density at radius 2 is 2.06 bits per heavy atom. The molecule has 0 aromatic carbocycles. The second-order valence-electron chi connectivity index (χ2n) is 3.88. The molecule has 7 heteroatoms. The molecule has 1 aromatic rings. The maximum atomic E-state index is 12.4. The summed E-state index contributed by atoms with van der Waals surface area (Å²) in [6, 6.07) is 1.64. The van der Waals surface area contributed by atoms with Crippen LogP contribution < -0.4 is 0 Å². The van der Waals surface area contributed by atoms with Crippen molar-refractivity contribution >= 4 is 33.2 Å². The number of nitrogens with zero attached hydrogens (tertiary/aromatic N) is 1. The molecule has 0 saturated carbocycles. The lowest BCUT2D eigenvalue weighted by Crippen LogP contribution is -2.39. The van der Waals surface area contributed by atoms with E-state index in [1.54, 1.807) is 6.07 Å². The standard InChI is InChI=1S/C11H13BrF3NOS/c1-7-5-9(18-8(7)2)10(17)16(4-3-12)6-11(13,14)15/h5H,3-4,6H2,1-2H3. The van der Waals surface area contributed by atoms with E-state index >= 15 is 0 Å². The number of alkyl halides is 4. The van der Waals surface area contributed by atoms with Crippen LogP contribution in [0.15, 0.2) is 6.07 Å². The molecule has 0 aliphatic carbocycles. The quantitative estimate of drug-likeness (QED) is 0.762. The first-order valence-corrected chi connectivity index (χ1v) is 7.17. The third-order valence-electron chi connectivity index (χ3n) is 2.39. The zero-order valence-corrected chi connectivity index (χ0v) is 12.4. The molecule has 0 spiro atoms. The molecule has 0 unspecified atom stereocenters. The molecular weight excluding hydrogens is 331 g/mol. The van der Waals surface area contributed by atoms with Crippen molar-refractivity contribution in [3.63, 3.8) is 0 Å². The van der Waals surface area contributed by atoms with Gasteiger partial charge in [-0.05, 0) is 25.5 Å². The van der Waals surface area contributed by atoms with Crippen molar-refractivity contribution in [2.75, 3.05) is 18.4 Å². The molecule has 0 bridgehead atoms. The second kappa shape index (κ2) is 6.06. The number of amides is 1. The minimum absolute atomic E-state index is 0.0361. The fourth-order valence-electron chi connectivity index (χ4n) is 1.41. The Kier molecular flexibility index (Phi) is 5.21. The van der Waals surface area contributed by atoms with Gasteiger partial charge in [0.05, 0.1) is 4.88 Å². The Morgan fingerprint density at radius 3 is 2.44 bits per heavy atom. The van der Waals surface area contributed by atoms with Crippen LogP contribution >= 0.6 is 27.3 Å². The highest BCUT2D eigenvalue weighted by molar-refractivity contribution is 9.09. The van der Waals surface area contributed by atoms with Gasteiger partial charge in [-0.25, -0.2) is 0 Å². The van der Waals surface area contributed by atoms with Gasteiger partial charge in [0.25, 0.3) is 5.91 Å². The minimum Gasteiger partial charge on any atom is -0.328 e. The van der Waals surface area contributed by atoms with Gasteiger partial charge in [-0.2, -0.15) is 13.2 Å². The number of carbonyl (C=O) groups is 1. The van der Waals surface area contributed by atoms with E-state index in [1.165, 1.54) is 11.3 Å². The Balaban J connectivity index is 2.88. The van der Waals surface area contributed by atoms with Crippen molar-refractivity contribution in [1.82, 2.24) is 4.90 Å². The van der Waals surface area contributed by atoms with Crippen molar-refractivity contribution < 1.29 is 18.0 Å². The van der Waals surface area contributed by atoms with Crippen LogP contribution in [0.3, 0.4) is 0 Å². The molecule has 0 atom stereocenters. The van der Waals surface area contributed by atoms with Crippen molar-refractivity contribution in [2.24, 2.45) is 0 Å². The summed E-state index contributed by atoms with van der Waals surface area (Å²) in [4.78, 5) is 14.1. The zero-order chi connectivity index (χ0) is 13.9. The van der Waals surface area contributed by atoms with E-state index in [1.807, 2.05) is 13.8 Å². The van der Waals surface area contributed by atoms with Crippen LogP contribution in [0.4, 0.5) is 13.2 Å². The van der Waals surface area contributed by atoms with Gasteiger partial charge in [0, 0.05) is 16.8 Å². The predicted molar refractivity (Wildman–Crippen MR) is 69.5 cm³/mol. The lowest BCUT2D eigenvalue weighted by molar-refractivity contribution is -0.140. The van der Waals surface area contributed by atoms with Crippen LogP contribution in [0.1, 0.15) is 20.1 Å². The van der Waals surface area contributed by atoms with Crippen molar-refractivity contribution in [1.29, 1.82) is 0 Å². The molecule has 102 valence electrons. The van der Waals surface area contributed by atoms with Gasteiger partial charge in [0.2, 0.25) is 0 Å². The van der Waals surface area contributed by atoms with Gasteiger partial charge in [0.1, 0.15) is 6.54 Å². The van der Waals surface area contributed by atoms with Crippen LogP contribution in [-0.4, -0.2) is 35.4 Å². The number of rotatable bonds is 4. The first-order chi connectivity index (χ1) is 8.24. The molecule has 0 saturated heterocycles. The SMILES string of the molecule is Cc1cc(C(=O)N(CCBr)CC(F)(F)F)sc1C. The Labute approximate surface area is 116 Å². The van der Waals surface area contributed by atoms with E-state index in [0.717, 1.165) is 15.3 Å². The smallest absolute Gasteiger partial charge is 0.328 e. The molecule has 1 aromatic heterocycles. The lowest BCUT2D eigenvalue weighted by atomic mass is 10.2. The zero-order valence-electron chi connectivity index (χ0n) is 9.97. The topological polar surface area (TPSA) is 20.3 Å². The van der Waals surface area contributed by atoms with Crippen LogP contribution in [0.25, 0.3) is 0 Å². The normalized spacial score (nSPS) is 11.7. The molecule has 1 amide bonds. The van der Waals surface area contributed by atoms with E-state index in [9.17, 15) is 18.0 Å². The highest BCUT2D eigenvalue weighted by Gasteiger charge is 2.33. The molecule has 18 heavy (non-hydrogen) atoms. The average Bonchev–Trinajstić information content (AvgIpc) is 2.56. The number of hydrogen-bond acceptors (Lipinski definition) is 2. The molecule has 0 radical (unpaired) electrons. The van der Waals surface area contributed by atoms with Gasteiger partial charge in [-0.1, -0.05) is 15.9 Å². The van der Waals surface area contributed by atoms with Crippen molar-refractivity contribution in [2.45, 2.75) is 20.0 Å². The van der Waals surface area contributed by atoms with E-state index in [0.29, 0.717) is 10.2 Å². The van der Waals surface area contributed by atoms with E-state index in [4.69, 9.17) is 0 Å². The fourth-order valence-corrected chi connectivity index (χ4v) is 2.84. The number of thiophene rings is 1. The van der Waals surface area contributed by atoms with Crippen LogP contribution in [-0.2, 0) is 0 Å². The predicted octanol–water partition coefficient (Wildman–Crippen LogP) is 3.76. The summed E-state index contributed by atoms with van der Waals surface area (Å²) in [6.45, 7) is 2.50. The summed E-state index contributed by atoms with van der Waals surface area (Å²) in [7, 11) is 0. The number of halogens is 4. The van der Waals surface area contributed by atoms with Crippen molar-refractivity contribution in [3.05, 3.63) is 21.4 Å². The first-order valence-electron chi connectivity index (χ1n) is 5.23. The summed E-state index contributed by atoms with van der Waals surface area (Å²) in [6.07, 6.45) is -4.38. The van der Waals surface area contributed by atoms with Gasteiger partial charge < -0.3 is 4.90 Å². The third kappa shape index (κ3) is 4.28. The van der Waals surface area contributed by atoms with E-state index in [2.05, 4.69) is 15.9 Å². The number of aryl methyl sites for hydroxylation is 2. The van der Waals surface area contributed by atoms with Crippen LogP contribution in [0.2, 0.25) is 0 Å². The second-order valence-corrected chi connectivity index (χ2v) is 5.93. The van der Waals surface area contributed by atoms with Gasteiger partial charge in [0.15, 0.2) is 0 Å². The number of hydrogen-bond donors (Lipinski definition) is 0. The summed E-state index contributed by atoms with van der Waals surface area (Å²) < 4.78 is 37.2. The highest BCUT2D eigenvalue weighted by atomic mass is 79.9. The molecule has 2 nitrogen and oxygen atoms in total. The number of carbonyl (C=O) groups excluding carboxylic acids is 1. The van der Waals surface area contributed by atoms with E-state index < -0.39 is 18.6 Å². The first kappa shape index (κ1) is 15.5. The molecule has 0 aliphatic heterocycles. The van der Waals surface area contributed by atoms with E-state index in [-0.39, 0.29) is 6.54 Å². The summed E-state index contributed by atoms with van der Waals surface area (Å²) in [5.74, 6) is -0.562. The summed E-state index contributed by atoms with van der Waals surface area (Å²) in [5.41, 5.74) is 0.925. The Hall–Kier alpha value is -0.560. The Bertz CT molecular complexity index is 411. The molecule has 1 rings (SSSR count). The van der Waals surface area contributed by atoms with Gasteiger partial charge in [-0.3, -0.25) is 4.79 Å². The van der Waals surface area contributed by atoms with Crippen LogP contribution in [0.5, 0.6) is 0 Å². The monoisotopic (exact) mass is 343 g/mol. The summed E-state index contributed by atoms with van der Waals surface area (Å²) in [5, 5.41) is 0.318.